The maximum absolute atomic E-state index is 6.06. The SMILES string of the molecule is C=C(c1ccc(NN)c(N)c1)N1CC(N2CCc3nc(Nc4cc(C)cc(C)c4)ncc3C2)C1. The molecule has 0 atom stereocenters. The van der Waals surface area contributed by atoms with E-state index in [1.54, 1.807) is 0 Å². The van der Waals surface area contributed by atoms with Crippen LogP contribution in [0.15, 0.2) is 49.2 Å². The Balaban J connectivity index is 1.19. The first-order chi connectivity index (χ1) is 16.4. The van der Waals surface area contributed by atoms with Gasteiger partial charge in [-0.3, -0.25) is 10.7 Å². The monoisotopic (exact) mass is 456 g/mol. The summed E-state index contributed by atoms with van der Waals surface area (Å²) in [5.41, 5.74) is 17.9. The number of nitrogens with one attached hydrogen (secondary N) is 2. The summed E-state index contributed by atoms with van der Waals surface area (Å²) < 4.78 is 0. The molecule has 1 aromatic heterocycles. The van der Waals surface area contributed by atoms with Crippen LogP contribution in [0.5, 0.6) is 0 Å². The highest BCUT2D eigenvalue weighted by atomic mass is 15.3. The average Bonchev–Trinajstić information content (AvgIpc) is 2.77. The number of hydrazine groups is 1. The van der Waals surface area contributed by atoms with E-state index in [1.807, 2.05) is 24.4 Å². The van der Waals surface area contributed by atoms with Crippen LogP contribution in [0.3, 0.4) is 0 Å². The molecule has 0 bridgehead atoms. The Morgan fingerprint density at radius 2 is 1.88 bits per heavy atom. The Bertz CT molecular complexity index is 1210. The number of fused-ring (bicyclic) bond motifs is 1. The Morgan fingerprint density at radius 3 is 2.59 bits per heavy atom. The minimum Gasteiger partial charge on any atom is -0.397 e. The normalized spacial score (nSPS) is 16.0. The molecule has 2 aromatic carbocycles. The standard InChI is InChI=1S/C26H32N8/c1-16-8-17(2)10-21(9-16)30-26-29-12-20-13-33(7-6-24(20)31-26)22-14-34(15-22)18(3)19-4-5-25(32-28)23(27)11-19/h4-5,8-12,22,32H,3,6-7,13-15,27-28H2,1-2H3,(H,29,30,31). The van der Waals surface area contributed by atoms with Crippen molar-refractivity contribution in [2.45, 2.75) is 32.9 Å². The van der Waals surface area contributed by atoms with Gasteiger partial charge in [0.05, 0.1) is 17.1 Å². The molecule has 1 fully saturated rings. The molecule has 0 unspecified atom stereocenters. The lowest BCUT2D eigenvalue weighted by Gasteiger charge is -2.48. The van der Waals surface area contributed by atoms with Crippen LogP contribution in [0, 0.1) is 13.8 Å². The molecule has 2 aliphatic rings. The molecule has 176 valence electrons. The van der Waals surface area contributed by atoms with Crippen molar-refractivity contribution in [3.63, 3.8) is 0 Å². The van der Waals surface area contributed by atoms with E-state index >= 15 is 0 Å². The van der Waals surface area contributed by atoms with Crippen LogP contribution in [0.2, 0.25) is 0 Å². The predicted molar refractivity (Wildman–Crippen MR) is 138 cm³/mol. The summed E-state index contributed by atoms with van der Waals surface area (Å²) in [5.74, 6) is 6.15. The minimum atomic E-state index is 0.500. The third-order valence-electron chi connectivity index (χ3n) is 6.74. The molecule has 5 rings (SSSR count). The summed E-state index contributed by atoms with van der Waals surface area (Å²) in [4.78, 5) is 14.2. The van der Waals surface area contributed by atoms with Gasteiger partial charge in [-0.05, 0) is 54.8 Å². The zero-order valence-corrected chi connectivity index (χ0v) is 19.8. The topological polar surface area (TPSA) is 108 Å². The van der Waals surface area contributed by atoms with Crippen molar-refractivity contribution in [1.29, 1.82) is 0 Å². The zero-order chi connectivity index (χ0) is 23.8. The highest BCUT2D eigenvalue weighted by Crippen LogP contribution is 2.31. The Hall–Kier alpha value is -3.62. The Labute approximate surface area is 200 Å². The number of aromatic nitrogens is 2. The third-order valence-corrected chi connectivity index (χ3v) is 6.74. The molecule has 0 aliphatic carbocycles. The molecule has 0 saturated carbocycles. The van der Waals surface area contributed by atoms with Crippen LogP contribution >= 0.6 is 0 Å². The van der Waals surface area contributed by atoms with E-state index < -0.39 is 0 Å². The van der Waals surface area contributed by atoms with E-state index in [1.165, 1.54) is 16.7 Å². The average molecular weight is 457 g/mol. The van der Waals surface area contributed by atoms with Gasteiger partial charge in [0.2, 0.25) is 5.95 Å². The highest BCUT2D eigenvalue weighted by molar-refractivity contribution is 5.74. The fourth-order valence-electron chi connectivity index (χ4n) is 4.85. The molecule has 34 heavy (non-hydrogen) atoms. The summed E-state index contributed by atoms with van der Waals surface area (Å²) in [7, 11) is 0. The quantitative estimate of drug-likeness (QED) is 0.254. The molecule has 0 amide bonds. The van der Waals surface area contributed by atoms with Gasteiger partial charge in [-0.2, -0.15) is 0 Å². The predicted octanol–water partition coefficient (Wildman–Crippen LogP) is 3.42. The van der Waals surface area contributed by atoms with E-state index in [0.29, 0.717) is 17.7 Å². The van der Waals surface area contributed by atoms with Crippen molar-refractivity contribution in [3.05, 3.63) is 77.1 Å². The maximum atomic E-state index is 6.06. The second-order valence-electron chi connectivity index (χ2n) is 9.34. The minimum absolute atomic E-state index is 0.500. The second kappa shape index (κ2) is 8.96. The van der Waals surface area contributed by atoms with Gasteiger partial charge in [0, 0.05) is 61.8 Å². The molecule has 3 aromatic rings. The van der Waals surface area contributed by atoms with E-state index in [4.69, 9.17) is 16.6 Å². The highest BCUT2D eigenvalue weighted by Gasteiger charge is 2.34. The summed E-state index contributed by atoms with van der Waals surface area (Å²) >= 11 is 0. The molecule has 2 aliphatic heterocycles. The number of nitrogen functional groups attached to an aromatic ring is 2. The van der Waals surface area contributed by atoms with Gasteiger partial charge in [-0.1, -0.05) is 18.7 Å². The van der Waals surface area contributed by atoms with E-state index in [9.17, 15) is 0 Å². The lowest BCUT2D eigenvalue weighted by atomic mass is 9.99. The lowest BCUT2D eigenvalue weighted by molar-refractivity contribution is 0.0629. The Morgan fingerprint density at radius 1 is 1.12 bits per heavy atom. The second-order valence-corrected chi connectivity index (χ2v) is 9.34. The number of nitrogens with zero attached hydrogens (tertiary/aromatic N) is 4. The molecular weight excluding hydrogens is 424 g/mol. The van der Waals surface area contributed by atoms with Crippen LogP contribution in [0.1, 0.15) is 27.9 Å². The molecule has 8 heteroatoms. The number of likely N-dealkylation sites (tertiary alicyclic amines) is 1. The van der Waals surface area contributed by atoms with Gasteiger partial charge in [-0.15, -0.1) is 0 Å². The number of aryl methyl sites for hydroxylation is 2. The number of hydrogen-bond donors (Lipinski definition) is 4. The van der Waals surface area contributed by atoms with E-state index in [-0.39, 0.29) is 0 Å². The van der Waals surface area contributed by atoms with Crippen LogP contribution < -0.4 is 22.3 Å². The van der Waals surface area contributed by atoms with Crippen molar-refractivity contribution in [2.24, 2.45) is 5.84 Å². The van der Waals surface area contributed by atoms with E-state index in [0.717, 1.165) is 60.9 Å². The molecule has 1 saturated heterocycles. The number of rotatable bonds is 6. The van der Waals surface area contributed by atoms with Gasteiger partial charge in [-0.25, -0.2) is 9.97 Å². The van der Waals surface area contributed by atoms with Crippen LogP contribution in [-0.2, 0) is 13.0 Å². The number of benzene rings is 2. The number of anilines is 4. The molecule has 6 N–H and O–H groups in total. The van der Waals surface area contributed by atoms with Crippen molar-refractivity contribution in [2.75, 3.05) is 36.1 Å². The molecule has 0 spiro atoms. The zero-order valence-electron chi connectivity index (χ0n) is 19.8. The smallest absolute Gasteiger partial charge is 0.227 e. The molecule has 3 heterocycles. The van der Waals surface area contributed by atoms with E-state index in [2.05, 4.69) is 64.2 Å². The van der Waals surface area contributed by atoms with Crippen molar-refractivity contribution < 1.29 is 0 Å². The number of nitrogens with two attached hydrogens (primary N) is 2. The van der Waals surface area contributed by atoms with Crippen LogP contribution in [-0.4, -0.2) is 45.4 Å². The van der Waals surface area contributed by atoms with Crippen molar-refractivity contribution >= 4 is 28.7 Å². The first-order valence-electron chi connectivity index (χ1n) is 11.6. The molecular formula is C26H32N8. The largest absolute Gasteiger partial charge is 0.397 e. The molecule has 0 radical (unpaired) electrons. The third kappa shape index (κ3) is 4.42. The molecule has 8 nitrogen and oxygen atoms in total. The first kappa shape index (κ1) is 22.2. The Kier molecular flexibility index (Phi) is 5.85. The summed E-state index contributed by atoms with van der Waals surface area (Å²) in [6.45, 7) is 12.3. The summed E-state index contributed by atoms with van der Waals surface area (Å²) in [6.07, 6.45) is 2.91. The van der Waals surface area contributed by atoms with Crippen LogP contribution in [0.25, 0.3) is 5.70 Å². The fraction of sp³-hybridized carbons (Fsp3) is 0.308. The van der Waals surface area contributed by atoms with Gasteiger partial charge >= 0.3 is 0 Å². The fourth-order valence-corrected chi connectivity index (χ4v) is 4.85. The summed E-state index contributed by atoms with van der Waals surface area (Å²) in [6, 6.07) is 12.7. The maximum Gasteiger partial charge on any atom is 0.227 e. The van der Waals surface area contributed by atoms with Gasteiger partial charge in [0.1, 0.15) is 0 Å². The number of hydrogen-bond acceptors (Lipinski definition) is 8. The van der Waals surface area contributed by atoms with Gasteiger partial charge in [0.25, 0.3) is 0 Å². The van der Waals surface area contributed by atoms with Crippen molar-refractivity contribution in [3.8, 4) is 0 Å². The first-order valence-corrected chi connectivity index (χ1v) is 11.6. The lowest BCUT2D eigenvalue weighted by Crippen LogP contribution is -2.59. The van der Waals surface area contributed by atoms with Gasteiger partial charge in [0.15, 0.2) is 0 Å². The van der Waals surface area contributed by atoms with Crippen LogP contribution in [0.4, 0.5) is 23.0 Å². The van der Waals surface area contributed by atoms with Gasteiger partial charge < -0.3 is 21.4 Å². The summed E-state index contributed by atoms with van der Waals surface area (Å²) in [5, 5.41) is 3.36. The van der Waals surface area contributed by atoms with Crippen molar-refractivity contribution in [1.82, 2.24) is 19.8 Å².